The molecule has 0 heterocycles. The van der Waals surface area contributed by atoms with E-state index in [4.69, 9.17) is 9.47 Å². The van der Waals surface area contributed by atoms with E-state index in [1.54, 1.807) is 31.4 Å². The van der Waals surface area contributed by atoms with Crippen LogP contribution in [0, 0.1) is 21.8 Å². The van der Waals surface area contributed by atoms with Crippen LogP contribution in [-0.2, 0) is 11.4 Å². The van der Waals surface area contributed by atoms with Crippen LogP contribution in [0.1, 0.15) is 16.7 Å². The number of hydrogen-bond donors (Lipinski definition) is 1. The minimum absolute atomic E-state index is 0.0221. The van der Waals surface area contributed by atoms with Crippen molar-refractivity contribution in [1.29, 1.82) is 5.26 Å². The van der Waals surface area contributed by atoms with Gasteiger partial charge in [-0.1, -0.05) is 24.3 Å². The number of rotatable bonds is 7. The minimum Gasteiger partial charge on any atom is -0.493 e. The molecule has 0 spiro atoms. The maximum Gasteiger partial charge on any atom is 0.266 e. The first-order valence-corrected chi connectivity index (χ1v) is 11.5. The van der Waals surface area contributed by atoms with Gasteiger partial charge in [0.05, 0.1) is 11.6 Å². The summed E-state index contributed by atoms with van der Waals surface area (Å²) in [6, 6.07) is 20.8. The van der Waals surface area contributed by atoms with Crippen molar-refractivity contribution in [3.8, 4) is 17.6 Å². The highest BCUT2D eigenvalue weighted by molar-refractivity contribution is 14.1. The third kappa shape index (κ3) is 6.11. The highest BCUT2D eigenvalue weighted by Gasteiger charge is 2.14. The number of aryl methyl sites for hydroxylation is 1. The van der Waals surface area contributed by atoms with Crippen molar-refractivity contribution in [2.45, 2.75) is 13.5 Å². The SMILES string of the molecule is COc1cc(/C=C(\C#N)C(=O)Nc2ccc(I)cc2)cc(Br)c1OCc1ccccc1C. The van der Waals surface area contributed by atoms with E-state index in [-0.39, 0.29) is 5.57 Å². The zero-order valence-corrected chi connectivity index (χ0v) is 21.2. The molecular weight excluding hydrogens is 583 g/mol. The molecule has 0 unspecified atom stereocenters. The molecule has 0 aliphatic carbocycles. The molecule has 0 aromatic heterocycles. The van der Waals surface area contributed by atoms with E-state index in [1.807, 2.05) is 49.4 Å². The Labute approximate surface area is 209 Å². The molecule has 0 saturated carbocycles. The van der Waals surface area contributed by atoms with Crippen molar-refractivity contribution in [3.05, 3.63) is 91.0 Å². The first-order valence-electron chi connectivity index (χ1n) is 9.65. The topological polar surface area (TPSA) is 71.3 Å². The molecule has 0 atom stereocenters. The molecule has 1 N–H and O–H groups in total. The second-order valence-corrected chi connectivity index (χ2v) is 8.98. The standard InChI is InChI=1S/C25H20BrIN2O3/c1-16-5-3-4-6-18(16)15-32-24-22(26)12-17(13-23(24)31-2)11-19(14-28)25(30)29-21-9-7-20(27)8-10-21/h3-13H,15H2,1-2H3,(H,29,30)/b19-11+. The Hall–Kier alpha value is -2.83. The van der Waals surface area contributed by atoms with Gasteiger partial charge in [-0.3, -0.25) is 4.79 Å². The number of hydrogen-bond acceptors (Lipinski definition) is 4. The van der Waals surface area contributed by atoms with Crippen LogP contribution in [0.3, 0.4) is 0 Å². The van der Waals surface area contributed by atoms with Gasteiger partial charge in [0.25, 0.3) is 5.91 Å². The predicted octanol–water partition coefficient (Wildman–Crippen LogP) is 6.50. The zero-order chi connectivity index (χ0) is 23.1. The van der Waals surface area contributed by atoms with E-state index in [0.29, 0.717) is 33.8 Å². The quantitative estimate of drug-likeness (QED) is 0.190. The number of nitrogens with one attached hydrogen (secondary N) is 1. The molecule has 0 bridgehead atoms. The lowest BCUT2D eigenvalue weighted by molar-refractivity contribution is -0.112. The average Bonchev–Trinajstić information content (AvgIpc) is 2.78. The van der Waals surface area contributed by atoms with Gasteiger partial charge < -0.3 is 14.8 Å². The molecule has 0 saturated heterocycles. The fraction of sp³-hybridized carbons (Fsp3) is 0.120. The van der Waals surface area contributed by atoms with Gasteiger partial charge in [0, 0.05) is 9.26 Å². The summed E-state index contributed by atoms with van der Waals surface area (Å²) in [5.74, 6) is 0.563. The van der Waals surface area contributed by atoms with Crippen LogP contribution in [0.5, 0.6) is 11.5 Å². The smallest absolute Gasteiger partial charge is 0.266 e. The Bertz CT molecular complexity index is 1200. The van der Waals surface area contributed by atoms with Crippen LogP contribution < -0.4 is 14.8 Å². The Balaban J connectivity index is 1.82. The van der Waals surface area contributed by atoms with Gasteiger partial charge >= 0.3 is 0 Å². The molecule has 3 aromatic carbocycles. The van der Waals surface area contributed by atoms with E-state index >= 15 is 0 Å². The summed E-state index contributed by atoms with van der Waals surface area (Å²) in [5, 5.41) is 12.3. The summed E-state index contributed by atoms with van der Waals surface area (Å²) in [6.45, 7) is 2.42. The molecule has 162 valence electrons. The lowest BCUT2D eigenvalue weighted by Gasteiger charge is -2.14. The number of nitriles is 1. The van der Waals surface area contributed by atoms with Crippen molar-refractivity contribution in [1.82, 2.24) is 0 Å². The van der Waals surface area contributed by atoms with E-state index < -0.39 is 5.91 Å². The Kier molecular flexibility index (Phi) is 8.31. The summed E-state index contributed by atoms with van der Waals surface area (Å²) >= 11 is 5.71. The van der Waals surface area contributed by atoms with Crippen LogP contribution in [-0.4, -0.2) is 13.0 Å². The second kappa shape index (κ2) is 11.2. The minimum atomic E-state index is -0.483. The molecule has 3 aromatic rings. The summed E-state index contributed by atoms with van der Waals surface area (Å²) in [7, 11) is 1.55. The van der Waals surface area contributed by atoms with Gasteiger partial charge in [-0.25, -0.2) is 0 Å². The van der Waals surface area contributed by atoms with E-state index in [9.17, 15) is 10.1 Å². The third-order valence-corrected chi connectivity index (χ3v) is 5.97. The van der Waals surface area contributed by atoms with Crippen molar-refractivity contribution in [3.63, 3.8) is 0 Å². The van der Waals surface area contributed by atoms with Crippen LogP contribution in [0.25, 0.3) is 6.08 Å². The van der Waals surface area contributed by atoms with Gasteiger partial charge in [0.1, 0.15) is 18.2 Å². The highest BCUT2D eigenvalue weighted by Crippen LogP contribution is 2.38. The molecule has 3 rings (SSSR count). The molecule has 0 radical (unpaired) electrons. The van der Waals surface area contributed by atoms with Crippen LogP contribution in [0.2, 0.25) is 0 Å². The van der Waals surface area contributed by atoms with Crippen molar-refractivity contribution < 1.29 is 14.3 Å². The first kappa shape index (κ1) is 23.8. The number of nitrogens with zero attached hydrogens (tertiary/aromatic N) is 1. The number of amides is 1. The van der Waals surface area contributed by atoms with E-state index in [0.717, 1.165) is 14.7 Å². The number of carbonyl (C=O) groups is 1. The third-order valence-electron chi connectivity index (χ3n) is 4.66. The Morgan fingerprint density at radius 1 is 1.19 bits per heavy atom. The van der Waals surface area contributed by atoms with Crippen LogP contribution in [0.15, 0.2) is 70.7 Å². The summed E-state index contributed by atoms with van der Waals surface area (Å²) in [5.41, 5.74) is 3.44. The number of benzene rings is 3. The Morgan fingerprint density at radius 3 is 2.56 bits per heavy atom. The van der Waals surface area contributed by atoms with Crippen molar-refractivity contribution >= 4 is 56.2 Å². The molecule has 1 amide bonds. The maximum atomic E-state index is 12.6. The summed E-state index contributed by atoms with van der Waals surface area (Å²) in [4.78, 5) is 12.6. The lowest BCUT2D eigenvalue weighted by atomic mass is 10.1. The normalized spacial score (nSPS) is 10.9. The lowest BCUT2D eigenvalue weighted by Crippen LogP contribution is -2.13. The average molecular weight is 603 g/mol. The Morgan fingerprint density at radius 2 is 1.91 bits per heavy atom. The van der Waals surface area contributed by atoms with Crippen LogP contribution >= 0.6 is 38.5 Å². The zero-order valence-electron chi connectivity index (χ0n) is 17.5. The number of anilines is 1. The predicted molar refractivity (Wildman–Crippen MR) is 138 cm³/mol. The number of carbonyl (C=O) groups excluding carboxylic acids is 1. The molecule has 32 heavy (non-hydrogen) atoms. The number of methoxy groups -OCH3 is 1. The first-order chi connectivity index (χ1) is 15.4. The fourth-order valence-electron chi connectivity index (χ4n) is 2.93. The number of halogens is 2. The van der Waals surface area contributed by atoms with Gasteiger partial charge in [-0.15, -0.1) is 0 Å². The van der Waals surface area contributed by atoms with Crippen molar-refractivity contribution in [2.24, 2.45) is 0 Å². The van der Waals surface area contributed by atoms with Crippen LogP contribution in [0.4, 0.5) is 5.69 Å². The highest BCUT2D eigenvalue weighted by atomic mass is 127. The monoisotopic (exact) mass is 602 g/mol. The molecule has 7 heteroatoms. The molecular formula is C25H20BrIN2O3. The fourth-order valence-corrected chi connectivity index (χ4v) is 3.87. The molecule has 5 nitrogen and oxygen atoms in total. The van der Waals surface area contributed by atoms with E-state index in [2.05, 4.69) is 43.8 Å². The van der Waals surface area contributed by atoms with Gasteiger partial charge in [0.2, 0.25) is 0 Å². The molecule has 0 aliphatic heterocycles. The number of ether oxygens (including phenoxy) is 2. The summed E-state index contributed by atoms with van der Waals surface area (Å²) in [6.07, 6.45) is 1.51. The van der Waals surface area contributed by atoms with E-state index in [1.165, 1.54) is 6.08 Å². The largest absolute Gasteiger partial charge is 0.493 e. The van der Waals surface area contributed by atoms with Gasteiger partial charge in [-0.2, -0.15) is 5.26 Å². The molecule has 0 fully saturated rings. The maximum absolute atomic E-state index is 12.6. The van der Waals surface area contributed by atoms with Crippen molar-refractivity contribution in [2.75, 3.05) is 12.4 Å². The second-order valence-electron chi connectivity index (χ2n) is 6.88. The summed E-state index contributed by atoms with van der Waals surface area (Å²) < 4.78 is 13.2. The van der Waals surface area contributed by atoms with Gasteiger partial charge in [0.15, 0.2) is 11.5 Å². The molecule has 0 aliphatic rings. The van der Waals surface area contributed by atoms with Gasteiger partial charge in [-0.05, 0) is 105 Å².